The molecule has 25 heavy (non-hydrogen) atoms. The number of fused-ring (bicyclic) bond motifs is 1. The van der Waals surface area contributed by atoms with Gasteiger partial charge in [-0.1, -0.05) is 6.07 Å². The Morgan fingerprint density at radius 1 is 1.32 bits per heavy atom. The van der Waals surface area contributed by atoms with Crippen molar-refractivity contribution >= 4 is 28.7 Å². The molecule has 2 amide bonds. The molecule has 0 bridgehead atoms. The molecule has 0 radical (unpaired) electrons. The van der Waals surface area contributed by atoms with Gasteiger partial charge in [0.2, 0.25) is 5.91 Å². The van der Waals surface area contributed by atoms with Gasteiger partial charge < -0.3 is 15.6 Å². The lowest BCUT2D eigenvalue weighted by Crippen LogP contribution is -2.23. The minimum atomic E-state index is -0.288. The maximum atomic E-state index is 12.4. The number of amides is 2. The number of aryl methyl sites for hydroxylation is 2. The molecule has 8 heteroatoms. The van der Waals surface area contributed by atoms with E-state index in [1.165, 1.54) is 6.20 Å². The van der Waals surface area contributed by atoms with Gasteiger partial charge in [0.15, 0.2) is 0 Å². The Balaban J connectivity index is 1.79. The number of hydrogen-bond acceptors (Lipinski definition) is 4. The van der Waals surface area contributed by atoms with Crippen LogP contribution in [0.3, 0.4) is 0 Å². The van der Waals surface area contributed by atoms with E-state index in [9.17, 15) is 9.59 Å². The Morgan fingerprint density at radius 3 is 2.84 bits per heavy atom. The molecule has 130 valence electrons. The SMILES string of the molecule is CCn1ncc(C(=O)NC)c1NC(=O)Cc1ccc2nc(C)[nH]c2c1. The first-order chi connectivity index (χ1) is 12.0. The van der Waals surface area contributed by atoms with E-state index in [2.05, 4.69) is 25.7 Å². The molecule has 0 saturated heterocycles. The van der Waals surface area contributed by atoms with Crippen LogP contribution < -0.4 is 10.6 Å². The fourth-order valence-electron chi connectivity index (χ4n) is 2.71. The number of benzene rings is 1. The second-order valence-electron chi connectivity index (χ2n) is 5.70. The van der Waals surface area contributed by atoms with E-state index in [-0.39, 0.29) is 18.2 Å². The van der Waals surface area contributed by atoms with Crippen molar-refractivity contribution in [1.29, 1.82) is 0 Å². The summed E-state index contributed by atoms with van der Waals surface area (Å²) in [6.45, 7) is 4.33. The highest BCUT2D eigenvalue weighted by atomic mass is 16.2. The number of hydrogen-bond donors (Lipinski definition) is 3. The zero-order valence-electron chi connectivity index (χ0n) is 14.4. The van der Waals surface area contributed by atoms with Gasteiger partial charge in [-0.2, -0.15) is 5.10 Å². The number of aromatic nitrogens is 4. The van der Waals surface area contributed by atoms with E-state index >= 15 is 0 Å². The summed E-state index contributed by atoms with van der Waals surface area (Å²) in [5.41, 5.74) is 2.97. The molecule has 0 aliphatic rings. The second-order valence-corrected chi connectivity index (χ2v) is 5.70. The van der Waals surface area contributed by atoms with Crippen LogP contribution in [0.15, 0.2) is 24.4 Å². The van der Waals surface area contributed by atoms with Crippen molar-refractivity contribution < 1.29 is 9.59 Å². The summed E-state index contributed by atoms with van der Waals surface area (Å²) in [5, 5.41) is 9.49. The van der Waals surface area contributed by atoms with Crippen LogP contribution >= 0.6 is 0 Å². The van der Waals surface area contributed by atoms with Gasteiger partial charge in [-0.05, 0) is 31.5 Å². The predicted octanol–water partition coefficient (Wildman–Crippen LogP) is 1.63. The Hall–Kier alpha value is -3.16. The van der Waals surface area contributed by atoms with Crippen LogP contribution in [0.5, 0.6) is 0 Å². The fourth-order valence-corrected chi connectivity index (χ4v) is 2.71. The average molecular weight is 340 g/mol. The van der Waals surface area contributed by atoms with Gasteiger partial charge in [0.05, 0.1) is 23.7 Å². The van der Waals surface area contributed by atoms with Gasteiger partial charge in [-0.25, -0.2) is 9.67 Å². The zero-order valence-corrected chi connectivity index (χ0v) is 14.4. The first-order valence-corrected chi connectivity index (χ1v) is 8.04. The third kappa shape index (κ3) is 3.37. The number of nitrogens with one attached hydrogen (secondary N) is 3. The minimum Gasteiger partial charge on any atom is -0.355 e. The molecule has 3 N–H and O–H groups in total. The molecule has 3 aromatic rings. The van der Waals surface area contributed by atoms with E-state index < -0.39 is 0 Å². The fraction of sp³-hybridized carbons (Fsp3) is 0.294. The summed E-state index contributed by atoms with van der Waals surface area (Å²) in [4.78, 5) is 31.9. The minimum absolute atomic E-state index is 0.191. The molecule has 2 heterocycles. The smallest absolute Gasteiger partial charge is 0.256 e. The number of nitrogens with zero attached hydrogens (tertiary/aromatic N) is 3. The lowest BCUT2D eigenvalue weighted by molar-refractivity contribution is -0.115. The summed E-state index contributed by atoms with van der Waals surface area (Å²) in [7, 11) is 1.54. The second kappa shape index (κ2) is 6.76. The first kappa shape index (κ1) is 16.7. The Morgan fingerprint density at radius 2 is 2.12 bits per heavy atom. The lowest BCUT2D eigenvalue weighted by atomic mass is 10.1. The highest BCUT2D eigenvalue weighted by molar-refractivity contribution is 6.03. The molecule has 0 atom stereocenters. The van der Waals surface area contributed by atoms with Gasteiger partial charge in [-0.15, -0.1) is 0 Å². The van der Waals surface area contributed by atoms with Gasteiger partial charge >= 0.3 is 0 Å². The van der Waals surface area contributed by atoms with Crippen LogP contribution in [0.1, 0.15) is 28.7 Å². The van der Waals surface area contributed by atoms with Crippen molar-refractivity contribution in [2.45, 2.75) is 26.8 Å². The summed E-state index contributed by atoms with van der Waals surface area (Å²) < 4.78 is 1.59. The predicted molar refractivity (Wildman–Crippen MR) is 94.5 cm³/mol. The van der Waals surface area contributed by atoms with E-state index in [4.69, 9.17) is 0 Å². The van der Waals surface area contributed by atoms with E-state index in [0.717, 1.165) is 22.4 Å². The normalized spacial score (nSPS) is 10.8. The molecule has 0 unspecified atom stereocenters. The molecule has 0 aliphatic carbocycles. The Labute approximate surface area is 144 Å². The van der Waals surface area contributed by atoms with E-state index in [1.54, 1.807) is 11.7 Å². The third-order valence-electron chi connectivity index (χ3n) is 3.90. The summed E-state index contributed by atoms with van der Waals surface area (Å²) in [6.07, 6.45) is 1.65. The van der Waals surface area contributed by atoms with Crippen molar-refractivity contribution in [3.8, 4) is 0 Å². The number of carbonyl (C=O) groups excluding carboxylic acids is 2. The maximum absolute atomic E-state index is 12.4. The highest BCUT2D eigenvalue weighted by Gasteiger charge is 2.18. The molecule has 0 spiro atoms. The summed E-state index contributed by atoms with van der Waals surface area (Å²) >= 11 is 0. The van der Waals surface area contributed by atoms with Gasteiger partial charge in [0.25, 0.3) is 5.91 Å². The monoisotopic (exact) mass is 340 g/mol. The number of anilines is 1. The number of H-pyrrole nitrogens is 1. The molecule has 0 fully saturated rings. The Kier molecular flexibility index (Phi) is 4.51. The molecule has 0 aliphatic heterocycles. The molecule has 1 aromatic carbocycles. The van der Waals surface area contributed by atoms with Crippen molar-refractivity contribution in [2.75, 3.05) is 12.4 Å². The van der Waals surface area contributed by atoms with Crippen LogP contribution in [0, 0.1) is 6.92 Å². The lowest BCUT2D eigenvalue weighted by Gasteiger charge is -2.09. The van der Waals surface area contributed by atoms with Crippen LogP contribution in [0.2, 0.25) is 0 Å². The highest BCUT2D eigenvalue weighted by Crippen LogP contribution is 2.17. The van der Waals surface area contributed by atoms with Crippen molar-refractivity contribution in [1.82, 2.24) is 25.1 Å². The average Bonchev–Trinajstić information content (AvgIpc) is 3.15. The van der Waals surface area contributed by atoms with Gasteiger partial charge in [-0.3, -0.25) is 9.59 Å². The summed E-state index contributed by atoms with van der Waals surface area (Å²) in [6, 6.07) is 5.67. The number of carbonyl (C=O) groups is 2. The van der Waals surface area contributed by atoms with Crippen LogP contribution in [0.4, 0.5) is 5.82 Å². The van der Waals surface area contributed by atoms with Crippen molar-refractivity contribution in [2.24, 2.45) is 0 Å². The number of imidazole rings is 1. The van der Waals surface area contributed by atoms with E-state index in [1.807, 2.05) is 32.0 Å². The Bertz CT molecular complexity index is 940. The number of rotatable bonds is 5. The van der Waals surface area contributed by atoms with E-state index in [0.29, 0.717) is 17.9 Å². The first-order valence-electron chi connectivity index (χ1n) is 8.04. The molecule has 2 aromatic heterocycles. The van der Waals surface area contributed by atoms with Crippen LogP contribution in [-0.2, 0) is 17.8 Å². The summed E-state index contributed by atoms with van der Waals surface area (Å²) in [5.74, 6) is 0.740. The third-order valence-corrected chi connectivity index (χ3v) is 3.90. The topological polar surface area (TPSA) is 105 Å². The molecular formula is C17H20N6O2. The quantitative estimate of drug-likeness (QED) is 0.656. The molecule has 0 saturated carbocycles. The van der Waals surface area contributed by atoms with Gasteiger partial charge in [0, 0.05) is 13.6 Å². The largest absolute Gasteiger partial charge is 0.355 e. The number of aromatic amines is 1. The van der Waals surface area contributed by atoms with Crippen LogP contribution in [0.25, 0.3) is 11.0 Å². The standard InChI is InChI=1S/C17H20N6O2/c1-4-23-16(12(9-19-23)17(25)18-3)22-15(24)8-11-5-6-13-14(7-11)21-10(2)20-13/h5-7,9H,4,8H2,1-3H3,(H,18,25)(H,20,21)(H,22,24). The van der Waals surface area contributed by atoms with Crippen molar-refractivity contribution in [3.63, 3.8) is 0 Å². The molecule has 8 nitrogen and oxygen atoms in total. The van der Waals surface area contributed by atoms with Gasteiger partial charge in [0.1, 0.15) is 17.2 Å². The van der Waals surface area contributed by atoms with Crippen LogP contribution in [-0.4, -0.2) is 38.6 Å². The maximum Gasteiger partial charge on any atom is 0.256 e. The van der Waals surface area contributed by atoms with Crippen molar-refractivity contribution in [3.05, 3.63) is 41.3 Å². The molecular weight excluding hydrogens is 320 g/mol. The zero-order chi connectivity index (χ0) is 18.0. The molecule has 3 rings (SSSR count).